The second-order valence-corrected chi connectivity index (χ2v) is 22.5. The molecule has 0 aliphatic heterocycles. The molecule has 71 heavy (non-hydrogen) atoms. The molecule has 0 saturated carbocycles. The molecule has 0 bridgehead atoms. The van der Waals surface area contributed by atoms with E-state index in [0.717, 1.165) is 44.2 Å². The van der Waals surface area contributed by atoms with Gasteiger partial charge in [-0.25, -0.2) is 15.0 Å². The molecule has 4 nitrogen and oxygen atoms in total. The van der Waals surface area contributed by atoms with Crippen LogP contribution in [0.15, 0.2) is 205 Å². The molecule has 10 aromatic carbocycles. The van der Waals surface area contributed by atoms with Crippen LogP contribution in [-0.2, 0) is 0 Å². The zero-order valence-corrected chi connectivity index (χ0v) is 40.7. The standard InChI is InChI=1S/C63H33N3OS4/c1-5-16-51-40(10-1)43-24-20-35(31-55(43)68-51)39-28-27-38(59-46-13-4-8-19-54(46)71-60(39)59)34-23-29-49-48(30-34)58-47(14-9-15-50(58)67-49)63-65-61(36-21-25-44-41-11-2-6-17-52(41)69-56(44)32-36)64-62(66-63)37-22-26-45-42-12-3-7-18-53(42)70-57(45)33-37/h1-33H. The average molecular weight is 976 g/mol. The van der Waals surface area contributed by atoms with Crippen LogP contribution in [0.25, 0.3) is 159 Å². The topological polar surface area (TPSA) is 51.8 Å². The van der Waals surface area contributed by atoms with Crippen LogP contribution in [0, 0.1) is 0 Å². The maximum absolute atomic E-state index is 6.70. The van der Waals surface area contributed by atoms with E-state index in [1.54, 1.807) is 22.7 Å². The maximum atomic E-state index is 6.70. The second kappa shape index (κ2) is 15.2. The van der Waals surface area contributed by atoms with Crippen LogP contribution >= 0.6 is 45.3 Å². The Hall–Kier alpha value is -8.11. The van der Waals surface area contributed by atoms with Gasteiger partial charge in [-0.05, 0) is 82.9 Å². The molecule has 16 aromatic rings. The summed E-state index contributed by atoms with van der Waals surface area (Å²) in [7, 11) is 0. The van der Waals surface area contributed by atoms with Gasteiger partial charge in [-0.15, -0.1) is 45.3 Å². The van der Waals surface area contributed by atoms with Crippen molar-refractivity contribution in [1.29, 1.82) is 0 Å². The lowest BCUT2D eigenvalue weighted by Gasteiger charge is -2.11. The van der Waals surface area contributed by atoms with E-state index in [1.165, 1.54) is 97.4 Å². The average Bonchev–Trinajstić information content (AvgIpc) is 4.26. The number of aromatic nitrogens is 3. The van der Waals surface area contributed by atoms with Gasteiger partial charge in [0.15, 0.2) is 17.5 Å². The highest BCUT2D eigenvalue weighted by molar-refractivity contribution is 7.27. The molecule has 330 valence electrons. The van der Waals surface area contributed by atoms with Gasteiger partial charge in [-0.3, -0.25) is 0 Å². The Morgan fingerprint density at radius 3 is 1.34 bits per heavy atom. The Morgan fingerprint density at radius 1 is 0.268 bits per heavy atom. The zero-order chi connectivity index (χ0) is 46.3. The summed E-state index contributed by atoms with van der Waals surface area (Å²) in [5, 5.41) is 12.2. The number of hydrogen-bond acceptors (Lipinski definition) is 8. The fourth-order valence-corrected chi connectivity index (χ4v) is 15.6. The van der Waals surface area contributed by atoms with Crippen molar-refractivity contribution in [2.45, 2.75) is 0 Å². The van der Waals surface area contributed by atoms with Gasteiger partial charge in [0.25, 0.3) is 0 Å². The van der Waals surface area contributed by atoms with Crippen LogP contribution in [0.2, 0.25) is 0 Å². The van der Waals surface area contributed by atoms with Crippen LogP contribution in [-0.4, -0.2) is 15.0 Å². The van der Waals surface area contributed by atoms with Crippen LogP contribution in [0.5, 0.6) is 0 Å². The van der Waals surface area contributed by atoms with Crippen molar-refractivity contribution in [3.05, 3.63) is 200 Å². The fraction of sp³-hybridized carbons (Fsp3) is 0. The minimum absolute atomic E-state index is 0.600. The molecule has 0 fully saturated rings. The van der Waals surface area contributed by atoms with E-state index in [0.29, 0.717) is 17.5 Å². The molecule has 0 amide bonds. The van der Waals surface area contributed by atoms with Gasteiger partial charge in [-0.2, -0.15) is 0 Å². The smallest absolute Gasteiger partial charge is 0.164 e. The predicted molar refractivity (Wildman–Crippen MR) is 306 cm³/mol. The first-order chi connectivity index (χ1) is 35.1. The third-order valence-electron chi connectivity index (χ3n) is 14.2. The Balaban J connectivity index is 0.885. The van der Waals surface area contributed by atoms with Crippen LogP contribution in [0.4, 0.5) is 0 Å². The summed E-state index contributed by atoms with van der Waals surface area (Å²) in [5.74, 6) is 1.86. The molecule has 0 atom stereocenters. The van der Waals surface area contributed by atoms with Gasteiger partial charge in [0.2, 0.25) is 0 Å². The molecule has 0 N–H and O–H groups in total. The number of furan rings is 1. The highest BCUT2D eigenvalue weighted by Crippen LogP contribution is 2.48. The normalized spacial score (nSPS) is 12.2. The number of rotatable bonds is 5. The SMILES string of the molecule is c1cc(-c2nc(-c3ccc4c(c3)sc3ccccc34)nc(-c3ccc4c(c3)sc3ccccc34)n2)c2c(c1)oc1ccc(-c3ccc(-c4ccc5c(c4)sc4ccccc45)c4sc5ccccc5c34)cc12. The molecule has 0 aliphatic rings. The molecule has 6 aromatic heterocycles. The largest absolute Gasteiger partial charge is 0.456 e. The van der Waals surface area contributed by atoms with Gasteiger partial charge in [0.05, 0.1) is 0 Å². The molecule has 0 unspecified atom stereocenters. The summed E-state index contributed by atoms with van der Waals surface area (Å²) in [5.41, 5.74) is 9.19. The lowest BCUT2D eigenvalue weighted by Crippen LogP contribution is -2.00. The lowest BCUT2D eigenvalue weighted by atomic mass is 9.93. The van der Waals surface area contributed by atoms with Crippen LogP contribution in [0.3, 0.4) is 0 Å². The highest BCUT2D eigenvalue weighted by Gasteiger charge is 2.22. The molecule has 8 heteroatoms. The third kappa shape index (κ3) is 6.09. The summed E-state index contributed by atoms with van der Waals surface area (Å²) < 4.78 is 16.8. The van der Waals surface area contributed by atoms with Gasteiger partial charge >= 0.3 is 0 Å². The summed E-state index contributed by atoms with van der Waals surface area (Å²) in [4.78, 5) is 16.0. The molecule has 16 rings (SSSR count). The fourth-order valence-electron chi connectivity index (χ4n) is 10.9. The van der Waals surface area contributed by atoms with E-state index in [9.17, 15) is 0 Å². The first-order valence-corrected chi connectivity index (χ1v) is 26.8. The van der Waals surface area contributed by atoms with Gasteiger partial charge < -0.3 is 4.42 Å². The monoisotopic (exact) mass is 975 g/mol. The minimum Gasteiger partial charge on any atom is -0.456 e. The lowest BCUT2D eigenvalue weighted by molar-refractivity contribution is 0.669. The summed E-state index contributed by atoms with van der Waals surface area (Å²) in [6.45, 7) is 0. The predicted octanol–water partition coefficient (Wildman–Crippen LogP) is 19.6. The van der Waals surface area contributed by atoms with E-state index < -0.39 is 0 Å². The van der Waals surface area contributed by atoms with Gasteiger partial charge in [0, 0.05) is 108 Å². The summed E-state index contributed by atoms with van der Waals surface area (Å²) in [6.07, 6.45) is 0. The molecular weight excluding hydrogens is 943 g/mol. The summed E-state index contributed by atoms with van der Waals surface area (Å²) in [6, 6.07) is 72.5. The number of benzene rings is 10. The molecule has 0 aliphatic carbocycles. The van der Waals surface area contributed by atoms with Crippen LogP contribution in [0.1, 0.15) is 0 Å². The van der Waals surface area contributed by atoms with E-state index in [2.05, 4.69) is 194 Å². The first kappa shape index (κ1) is 39.7. The van der Waals surface area contributed by atoms with Crippen molar-refractivity contribution >= 4 is 148 Å². The number of thiophene rings is 4. The molecule has 0 saturated heterocycles. The number of hydrogen-bond donors (Lipinski definition) is 0. The number of fused-ring (bicyclic) bond motifs is 15. The van der Waals surface area contributed by atoms with E-state index in [1.807, 2.05) is 28.7 Å². The van der Waals surface area contributed by atoms with Crippen molar-refractivity contribution in [2.24, 2.45) is 0 Å². The number of nitrogens with zero attached hydrogens (tertiary/aromatic N) is 3. The molecule has 0 radical (unpaired) electrons. The Morgan fingerprint density at radius 2 is 0.732 bits per heavy atom. The zero-order valence-electron chi connectivity index (χ0n) is 37.4. The Kier molecular flexibility index (Phi) is 8.50. The first-order valence-electron chi connectivity index (χ1n) is 23.5. The molecule has 6 heterocycles. The van der Waals surface area contributed by atoms with Crippen LogP contribution < -0.4 is 0 Å². The van der Waals surface area contributed by atoms with Crippen molar-refractivity contribution in [3.8, 4) is 56.4 Å². The van der Waals surface area contributed by atoms with Gasteiger partial charge in [0.1, 0.15) is 11.2 Å². The van der Waals surface area contributed by atoms with Crippen molar-refractivity contribution in [2.75, 3.05) is 0 Å². The second-order valence-electron chi connectivity index (χ2n) is 18.2. The Labute approximate surface area is 421 Å². The molecule has 0 spiro atoms. The van der Waals surface area contributed by atoms with Crippen molar-refractivity contribution in [3.63, 3.8) is 0 Å². The van der Waals surface area contributed by atoms with E-state index >= 15 is 0 Å². The Bertz CT molecular complexity index is 4780. The maximum Gasteiger partial charge on any atom is 0.164 e. The summed E-state index contributed by atoms with van der Waals surface area (Å²) >= 11 is 7.34. The van der Waals surface area contributed by atoms with E-state index in [4.69, 9.17) is 19.4 Å². The third-order valence-corrected chi connectivity index (χ3v) is 18.8. The minimum atomic E-state index is 0.600. The van der Waals surface area contributed by atoms with Crippen molar-refractivity contribution < 1.29 is 4.42 Å². The van der Waals surface area contributed by atoms with E-state index in [-0.39, 0.29) is 0 Å². The van der Waals surface area contributed by atoms with Crippen molar-refractivity contribution in [1.82, 2.24) is 15.0 Å². The highest BCUT2D eigenvalue weighted by atomic mass is 32.1. The quantitative estimate of drug-likeness (QED) is 0.172. The van der Waals surface area contributed by atoms with Gasteiger partial charge in [-0.1, -0.05) is 140 Å². The molecular formula is C63H33N3OS4.